The molecule has 11 nitrogen and oxygen atoms in total. The van der Waals surface area contributed by atoms with Crippen LogP contribution in [0.1, 0.15) is 6.23 Å². The highest BCUT2D eigenvalue weighted by Crippen LogP contribution is 2.30. The number of aliphatic hydroxyl groups excluding tert-OH is 2. The van der Waals surface area contributed by atoms with Crippen molar-refractivity contribution in [3.05, 3.63) is 38.0 Å². The van der Waals surface area contributed by atoms with Gasteiger partial charge in [-0.25, -0.2) is 10.0 Å². The summed E-state index contributed by atoms with van der Waals surface area (Å²) in [5.41, 5.74) is -1.48. The van der Waals surface area contributed by atoms with Crippen LogP contribution < -0.4 is 11.2 Å². The molecule has 0 bridgehead atoms. The summed E-state index contributed by atoms with van der Waals surface area (Å²) in [6.45, 7) is -0.621. The molecule has 0 spiro atoms. The van der Waals surface area contributed by atoms with Crippen LogP contribution in [0.2, 0.25) is 0 Å². The van der Waals surface area contributed by atoms with Gasteiger partial charge in [0.1, 0.15) is 17.1 Å². The first-order chi connectivity index (χ1) is 9.43. The molecule has 110 valence electrons. The zero-order chi connectivity index (χ0) is 14.9. The number of nitrogens with one attached hydrogen (secondary N) is 1. The van der Waals surface area contributed by atoms with Crippen molar-refractivity contribution in [2.45, 2.75) is 24.5 Å². The number of nitrogens with zero attached hydrogens (tertiary/aromatic N) is 2. The Kier molecular flexibility index (Phi) is 3.83. The normalized spacial score (nSPS) is 29.3. The van der Waals surface area contributed by atoms with E-state index in [-0.39, 0.29) is 0 Å². The Balaban J connectivity index is 2.32. The number of hydrogen-bond acceptors (Lipinski definition) is 7. The lowest BCUT2D eigenvalue weighted by molar-refractivity contribution is -0.982. The molecule has 0 aliphatic carbocycles. The SMILES string of the molecule is O=c1ccn([C@@H]2O[C@H](CO)[C@H](O[N+](=O)O)C2O)c(=O)[nH]1. The molecule has 4 atom stereocenters. The molecule has 1 aliphatic rings. The number of H-pyrrole nitrogens is 1. The van der Waals surface area contributed by atoms with Crippen molar-refractivity contribution in [1.29, 1.82) is 0 Å². The van der Waals surface area contributed by atoms with Crippen molar-refractivity contribution in [2.75, 3.05) is 6.61 Å². The predicted octanol–water partition coefficient (Wildman–Crippen LogP) is -2.74. The van der Waals surface area contributed by atoms with Crippen LogP contribution in [0.15, 0.2) is 21.9 Å². The van der Waals surface area contributed by atoms with Gasteiger partial charge in [0.2, 0.25) is 6.10 Å². The minimum atomic E-state index is -1.53. The molecule has 20 heavy (non-hydrogen) atoms. The third-order valence-electron chi connectivity index (χ3n) is 2.83. The molecule has 4 N–H and O–H groups in total. The fourth-order valence-corrected chi connectivity index (χ4v) is 1.96. The molecule has 0 radical (unpaired) electrons. The molecular formula is C9H12N3O8+. The molecule has 1 fully saturated rings. The zero-order valence-electron chi connectivity index (χ0n) is 9.95. The standard InChI is InChI=1S/C9H11N3O8/c13-3-4-7(20-12(17)18)6(15)8(19-4)11-2-1-5(14)10-9(11)16/h1-2,4,6-8,13,15H,3H2,(H-,10,14,16,17,18)/p+1/t4-,6?,7+,8-/m1/s1. The Bertz CT molecular complexity index is 610. The molecule has 11 heteroatoms. The van der Waals surface area contributed by atoms with E-state index in [9.17, 15) is 19.6 Å². The van der Waals surface area contributed by atoms with Crippen LogP contribution >= 0.6 is 0 Å². The van der Waals surface area contributed by atoms with Crippen LogP contribution in [-0.2, 0) is 9.57 Å². The van der Waals surface area contributed by atoms with Gasteiger partial charge in [0.15, 0.2) is 6.23 Å². The maximum atomic E-state index is 11.6. The molecule has 1 aromatic rings. The first kappa shape index (κ1) is 14.2. The van der Waals surface area contributed by atoms with Crippen LogP contribution in [0, 0.1) is 4.91 Å². The Hall–Kier alpha value is -2.24. The zero-order valence-corrected chi connectivity index (χ0v) is 9.95. The fraction of sp³-hybridized carbons (Fsp3) is 0.556. The van der Waals surface area contributed by atoms with Crippen molar-refractivity contribution in [2.24, 2.45) is 0 Å². The molecule has 2 rings (SSSR count). The lowest BCUT2D eigenvalue weighted by Gasteiger charge is -2.16. The highest BCUT2D eigenvalue weighted by Gasteiger charge is 2.50. The van der Waals surface area contributed by atoms with E-state index in [2.05, 4.69) is 4.84 Å². The van der Waals surface area contributed by atoms with Gasteiger partial charge >= 0.3 is 10.8 Å². The fourth-order valence-electron chi connectivity index (χ4n) is 1.96. The molecule has 1 saturated heterocycles. The molecule has 2 heterocycles. The average molecular weight is 290 g/mol. The lowest BCUT2D eigenvalue weighted by atomic mass is 10.1. The summed E-state index contributed by atoms with van der Waals surface area (Å²) in [7, 11) is 0. The molecule has 0 saturated carbocycles. The van der Waals surface area contributed by atoms with Gasteiger partial charge in [-0.1, -0.05) is 0 Å². The Labute approximate surface area is 110 Å². The van der Waals surface area contributed by atoms with Gasteiger partial charge in [-0.3, -0.25) is 14.3 Å². The predicted molar refractivity (Wildman–Crippen MR) is 58.6 cm³/mol. The van der Waals surface area contributed by atoms with E-state index in [0.29, 0.717) is 0 Å². The molecule has 1 unspecified atom stereocenters. The van der Waals surface area contributed by atoms with Gasteiger partial charge in [0.05, 0.1) is 6.61 Å². The van der Waals surface area contributed by atoms with Gasteiger partial charge in [-0.05, 0) is 0 Å². The number of aromatic amines is 1. The van der Waals surface area contributed by atoms with Crippen molar-refractivity contribution in [3.63, 3.8) is 0 Å². The number of hydrogen-bond donors (Lipinski definition) is 4. The first-order valence-corrected chi connectivity index (χ1v) is 5.53. The summed E-state index contributed by atoms with van der Waals surface area (Å²) >= 11 is 0. The van der Waals surface area contributed by atoms with Gasteiger partial charge in [0, 0.05) is 12.3 Å². The maximum absolute atomic E-state index is 11.6. The van der Waals surface area contributed by atoms with E-state index in [1.165, 1.54) is 0 Å². The van der Waals surface area contributed by atoms with Crippen molar-refractivity contribution < 1.29 is 30.1 Å². The average Bonchev–Trinajstić information content (AvgIpc) is 2.67. The van der Waals surface area contributed by atoms with Crippen LogP contribution in [0.25, 0.3) is 0 Å². The van der Waals surface area contributed by atoms with Gasteiger partial charge in [-0.2, -0.15) is 4.84 Å². The Morgan fingerprint density at radius 3 is 2.75 bits per heavy atom. The van der Waals surface area contributed by atoms with Crippen LogP contribution in [0.3, 0.4) is 0 Å². The molecule has 1 aromatic heterocycles. The van der Waals surface area contributed by atoms with E-state index >= 15 is 0 Å². The largest absolute Gasteiger partial charge is 0.475 e. The Morgan fingerprint density at radius 1 is 1.50 bits per heavy atom. The summed E-state index contributed by atoms with van der Waals surface area (Å²) in [4.78, 5) is 39.3. The van der Waals surface area contributed by atoms with E-state index in [0.717, 1.165) is 16.8 Å². The topological polar surface area (TPSA) is 154 Å². The van der Waals surface area contributed by atoms with Gasteiger partial charge in [-0.15, -0.1) is 0 Å². The summed E-state index contributed by atoms with van der Waals surface area (Å²) in [5.74, 6) is 0. The van der Waals surface area contributed by atoms with Crippen molar-refractivity contribution in [3.8, 4) is 0 Å². The maximum Gasteiger partial charge on any atom is 0.475 e. The summed E-state index contributed by atoms with van der Waals surface area (Å²) < 4.78 is 6.05. The smallest absolute Gasteiger partial charge is 0.394 e. The summed E-state index contributed by atoms with van der Waals surface area (Å²) in [6, 6.07) is 1.03. The minimum Gasteiger partial charge on any atom is -0.394 e. The van der Waals surface area contributed by atoms with Crippen molar-refractivity contribution >= 4 is 0 Å². The molecule has 0 amide bonds. The first-order valence-electron chi connectivity index (χ1n) is 5.53. The third kappa shape index (κ3) is 2.54. The van der Waals surface area contributed by atoms with Gasteiger partial charge < -0.3 is 14.9 Å². The van der Waals surface area contributed by atoms with Gasteiger partial charge in [0.25, 0.3) is 5.56 Å². The van der Waals surface area contributed by atoms with E-state index in [1.54, 1.807) is 0 Å². The molecular weight excluding hydrogens is 278 g/mol. The molecule has 1 aliphatic heterocycles. The number of ether oxygens (including phenoxy) is 1. The Morgan fingerprint density at radius 2 is 2.20 bits per heavy atom. The molecule has 0 aromatic carbocycles. The summed E-state index contributed by atoms with van der Waals surface area (Å²) in [5, 5.41) is 26.6. The highest BCUT2D eigenvalue weighted by atomic mass is 17.0. The second kappa shape index (κ2) is 5.40. The number of aliphatic hydroxyl groups is 2. The number of aromatic nitrogens is 2. The minimum absolute atomic E-state index is 0.621. The van der Waals surface area contributed by atoms with Crippen LogP contribution in [-0.4, -0.2) is 55.0 Å². The van der Waals surface area contributed by atoms with E-state index in [4.69, 9.17) is 15.1 Å². The van der Waals surface area contributed by atoms with E-state index < -0.39 is 47.5 Å². The lowest BCUT2D eigenvalue weighted by Crippen LogP contribution is -2.40. The van der Waals surface area contributed by atoms with Crippen LogP contribution in [0.5, 0.6) is 0 Å². The van der Waals surface area contributed by atoms with E-state index in [1.807, 2.05) is 4.98 Å². The third-order valence-corrected chi connectivity index (χ3v) is 2.83. The second-order valence-electron chi connectivity index (χ2n) is 4.06. The monoisotopic (exact) mass is 290 g/mol. The number of rotatable bonds is 4. The quantitative estimate of drug-likeness (QED) is 0.435. The van der Waals surface area contributed by atoms with Crippen molar-refractivity contribution in [1.82, 2.24) is 9.55 Å². The second-order valence-corrected chi connectivity index (χ2v) is 4.06. The highest BCUT2D eigenvalue weighted by molar-refractivity contribution is 4.93. The van der Waals surface area contributed by atoms with Crippen LogP contribution in [0.4, 0.5) is 0 Å². The summed E-state index contributed by atoms with van der Waals surface area (Å²) in [6.07, 6.45) is -4.26.